The van der Waals surface area contributed by atoms with E-state index in [0.29, 0.717) is 25.9 Å². The van der Waals surface area contributed by atoms with Gasteiger partial charge in [-0.05, 0) is 57.8 Å². The van der Waals surface area contributed by atoms with Crippen molar-refractivity contribution in [2.75, 3.05) is 13.2 Å². The van der Waals surface area contributed by atoms with Gasteiger partial charge in [0.1, 0.15) is 0 Å². The summed E-state index contributed by atoms with van der Waals surface area (Å²) in [6.07, 6.45) is 76.2. The van der Waals surface area contributed by atoms with Gasteiger partial charge < -0.3 is 20.3 Å². The molecule has 2 atom stereocenters. The Morgan fingerprint density at radius 2 is 0.694 bits per heavy atom. The lowest BCUT2D eigenvalue weighted by Gasteiger charge is -2.22. The summed E-state index contributed by atoms with van der Waals surface area (Å²) in [5, 5.41) is 23.4. The first-order chi connectivity index (χ1) is 35.5. The number of nitrogens with one attached hydrogen (secondary N) is 1. The lowest BCUT2D eigenvalue weighted by Crippen LogP contribution is -2.45. The molecule has 6 nitrogen and oxygen atoms in total. The third-order valence-corrected chi connectivity index (χ3v) is 15.3. The Labute approximate surface area is 450 Å². The molecule has 0 aromatic heterocycles. The number of carbonyl (C=O) groups excluding carboxylic acids is 2. The van der Waals surface area contributed by atoms with Crippen LogP contribution in [0.2, 0.25) is 0 Å². The molecule has 72 heavy (non-hydrogen) atoms. The molecule has 0 bridgehead atoms. The molecule has 1 amide bonds. The van der Waals surface area contributed by atoms with Crippen molar-refractivity contribution in [2.45, 2.75) is 373 Å². The molecule has 0 spiro atoms. The molecular weight excluding hydrogens is 887 g/mol. The van der Waals surface area contributed by atoms with Gasteiger partial charge in [-0.15, -0.1) is 0 Å². The van der Waals surface area contributed by atoms with E-state index in [9.17, 15) is 19.8 Å². The lowest BCUT2D eigenvalue weighted by molar-refractivity contribution is -0.143. The van der Waals surface area contributed by atoms with E-state index in [2.05, 4.69) is 43.5 Å². The van der Waals surface area contributed by atoms with Crippen LogP contribution >= 0.6 is 0 Å². The van der Waals surface area contributed by atoms with Gasteiger partial charge in [0, 0.05) is 12.8 Å². The Bertz CT molecular complexity index is 1120. The zero-order valence-corrected chi connectivity index (χ0v) is 48.7. The van der Waals surface area contributed by atoms with Crippen LogP contribution < -0.4 is 5.32 Å². The van der Waals surface area contributed by atoms with Crippen LogP contribution in [0.4, 0.5) is 0 Å². The van der Waals surface area contributed by atoms with Gasteiger partial charge in [0.2, 0.25) is 5.91 Å². The van der Waals surface area contributed by atoms with Crippen molar-refractivity contribution in [3.8, 4) is 0 Å². The Hall–Kier alpha value is -1.66. The summed E-state index contributed by atoms with van der Waals surface area (Å²) in [5.41, 5.74) is 0. The minimum atomic E-state index is -0.675. The van der Waals surface area contributed by atoms with Crippen LogP contribution in [0.1, 0.15) is 361 Å². The predicted molar refractivity (Wildman–Crippen MR) is 315 cm³/mol. The van der Waals surface area contributed by atoms with E-state index < -0.39 is 12.1 Å². The van der Waals surface area contributed by atoms with Gasteiger partial charge >= 0.3 is 5.97 Å². The molecule has 0 saturated heterocycles. The first kappa shape index (κ1) is 70.3. The van der Waals surface area contributed by atoms with E-state index in [4.69, 9.17) is 4.74 Å². The average molecular weight is 1010 g/mol. The van der Waals surface area contributed by atoms with Gasteiger partial charge in [-0.2, -0.15) is 0 Å². The van der Waals surface area contributed by atoms with E-state index in [1.807, 2.05) is 0 Å². The van der Waals surface area contributed by atoms with E-state index in [1.54, 1.807) is 0 Å². The molecule has 0 aliphatic heterocycles. The Morgan fingerprint density at radius 3 is 1.08 bits per heavy atom. The fourth-order valence-corrected chi connectivity index (χ4v) is 10.3. The SMILES string of the molecule is CCCCC/C=C\C/C=C\CCCCCCCCCC(=O)OCCCCCCCCCCCCCCCC(=O)NC(CO)C(O)CCCCCCCCCCCCCCCCCCCCCCCCCCC. The molecule has 6 heteroatoms. The Kier molecular flexibility index (Phi) is 60.5. The van der Waals surface area contributed by atoms with E-state index >= 15 is 0 Å². The smallest absolute Gasteiger partial charge is 0.305 e. The third kappa shape index (κ3) is 57.6. The molecular formula is C66H127NO5. The predicted octanol–water partition coefficient (Wildman–Crippen LogP) is 20.6. The quantitative estimate of drug-likeness (QED) is 0.0320. The first-order valence-electron chi connectivity index (χ1n) is 32.6. The molecule has 0 heterocycles. The normalized spacial score (nSPS) is 12.7. The minimum Gasteiger partial charge on any atom is -0.466 e. The number of amides is 1. The van der Waals surface area contributed by atoms with Crippen molar-refractivity contribution < 1.29 is 24.5 Å². The second-order valence-corrected chi connectivity index (χ2v) is 22.5. The molecule has 0 radical (unpaired) electrons. The van der Waals surface area contributed by atoms with Gasteiger partial charge in [-0.1, -0.05) is 314 Å². The van der Waals surface area contributed by atoms with Crippen LogP contribution in [0, 0.1) is 0 Å². The lowest BCUT2D eigenvalue weighted by atomic mass is 10.0. The number of hydrogen-bond acceptors (Lipinski definition) is 5. The maximum Gasteiger partial charge on any atom is 0.305 e. The number of esters is 1. The van der Waals surface area contributed by atoms with Crippen LogP contribution in [0.25, 0.3) is 0 Å². The van der Waals surface area contributed by atoms with Gasteiger partial charge in [0.15, 0.2) is 0 Å². The summed E-state index contributed by atoms with van der Waals surface area (Å²) in [4.78, 5) is 24.6. The van der Waals surface area contributed by atoms with Crippen molar-refractivity contribution in [1.82, 2.24) is 5.32 Å². The van der Waals surface area contributed by atoms with E-state index in [-0.39, 0.29) is 18.5 Å². The maximum absolute atomic E-state index is 12.5. The summed E-state index contributed by atoms with van der Waals surface area (Å²) >= 11 is 0. The molecule has 0 aliphatic rings. The number of aliphatic hydroxyl groups is 2. The number of aliphatic hydroxyl groups excluding tert-OH is 2. The second kappa shape index (κ2) is 61.9. The zero-order chi connectivity index (χ0) is 52.2. The minimum absolute atomic E-state index is 0.0119. The first-order valence-corrected chi connectivity index (χ1v) is 32.6. The fourth-order valence-electron chi connectivity index (χ4n) is 10.3. The van der Waals surface area contributed by atoms with E-state index in [1.165, 1.54) is 270 Å². The number of ether oxygens (including phenoxy) is 1. The monoisotopic (exact) mass is 1010 g/mol. The van der Waals surface area contributed by atoms with Crippen molar-refractivity contribution in [3.05, 3.63) is 24.3 Å². The van der Waals surface area contributed by atoms with Crippen molar-refractivity contribution in [2.24, 2.45) is 0 Å². The maximum atomic E-state index is 12.5. The van der Waals surface area contributed by atoms with Crippen LogP contribution in [-0.4, -0.2) is 47.4 Å². The number of hydrogen-bond donors (Lipinski definition) is 3. The summed E-state index contributed by atoms with van der Waals surface area (Å²) < 4.78 is 5.48. The van der Waals surface area contributed by atoms with Crippen LogP contribution in [0.15, 0.2) is 24.3 Å². The van der Waals surface area contributed by atoms with Crippen LogP contribution in [0.5, 0.6) is 0 Å². The molecule has 0 aromatic carbocycles. The summed E-state index contributed by atoms with van der Waals surface area (Å²) in [7, 11) is 0. The van der Waals surface area contributed by atoms with Crippen molar-refractivity contribution in [3.63, 3.8) is 0 Å². The third-order valence-electron chi connectivity index (χ3n) is 15.3. The highest BCUT2D eigenvalue weighted by molar-refractivity contribution is 5.76. The van der Waals surface area contributed by atoms with E-state index in [0.717, 1.165) is 57.8 Å². The molecule has 426 valence electrons. The number of unbranched alkanes of at least 4 members (excludes halogenated alkanes) is 46. The number of rotatable bonds is 61. The summed E-state index contributed by atoms with van der Waals surface area (Å²) in [5.74, 6) is -0.0560. The largest absolute Gasteiger partial charge is 0.466 e. The second-order valence-electron chi connectivity index (χ2n) is 22.5. The summed E-state index contributed by atoms with van der Waals surface area (Å²) in [6, 6.07) is -0.553. The summed E-state index contributed by atoms with van der Waals surface area (Å²) in [6.45, 7) is 4.93. The molecule has 0 rings (SSSR count). The molecule has 0 aliphatic carbocycles. The number of carbonyl (C=O) groups is 2. The van der Waals surface area contributed by atoms with Crippen molar-refractivity contribution in [1.29, 1.82) is 0 Å². The molecule has 0 aromatic rings. The average Bonchev–Trinajstić information content (AvgIpc) is 3.38. The highest BCUT2D eigenvalue weighted by Gasteiger charge is 2.20. The Morgan fingerprint density at radius 1 is 0.389 bits per heavy atom. The molecule has 0 saturated carbocycles. The van der Waals surface area contributed by atoms with Gasteiger partial charge in [-0.25, -0.2) is 0 Å². The molecule has 2 unspecified atom stereocenters. The van der Waals surface area contributed by atoms with Gasteiger partial charge in [-0.3, -0.25) is 9.59 Å². The topological polar surface area (TPSA) is 95.9 Å². The zero-order valence-electron chi connectivity index (χ0n) is 48.7. The van der Waals surface area contributed by atoms with Crippen LogP contribution in [-0.2, 0) is 14.3 Å². The standard InChI is InChI=1S/C66H127NO5/c1-3-5-7-9-11-13-15-17-19-21-22-23-24-25-26-27-28-30-31-34-38-42-46-50-54-58-64(69)63(62-68)67-65(70)59-55-51-47-43-39-35-33-37-41-45-49-53-57-61-72-66(71)60-56-52-48-44-40-36-32-29-20-18-16-14-12-10-8-6-4-2/h12,14,18,20,63-64,68-69H,3-11,13,15-17,19,21-62H2,1-2H3,(H,67,70)/b14-12-,20-18-. The Balaban J connectivity index is 3.43. The van der Waals surface area contributed by atoms with Crippen LogP contribution in [0.3, 0.4) is 0 Å². The highest BCUT2D eigenvalue weighted by atomic mass is 16.5. The van der Waals surface area contributed by atoms with Gasteiger partial charge in [0.05, 0.1) is 25.4 Å². The highest BCUT2D eigenvalue weighted by Crippen LogP contribution is 2.18. The molecule has 0 fully saturated rings. The fraction of sp³-hybridized carbons (Fsp3) is 0.909. The van der Waals surface area contributed by atoms with Crippen molar-refractivity contribution >= 4 is 11.9 Å². The van der Waals surface area contributed by atoms with Gasteiger partial charge in [0.25, 0.3) is 0 Å². The molecule has 3 N–H and O–H groups in total. The number of allylic oxidation sites excluding steroid dienone is 4.